The van der Waals surface area contributed by atoms with Crippen molar-refractivity contribution in [1.29, 1.82) is 0 Å². The van der Waals surface area contributed by atoms with E-state index in [1.165, 1.54) is 25.7 Å². The number of rotatable bonds is 2. The fraction of sp³-hybridized carbons (Fsp3) is 0.867. The molecule has 0 atom stereocenters. The lowest BCUT2D eigenvalue weighted by Gasteiger charge is -2.32. The highest BCUT2D eigenvalue weighted by Crippen LogP contribution is 2.38. The van der Waals surface area contributed by atoms with E-state index in [1.54, 1.807) is 5.57 Å². The van der Waals surface area contributed by atoms with Crippen LogP contribution in [-0.2, 0) is 9.31 Å². The largest absolute Gasteiger partial charge is 0.461 e. The quantitative estimate of drug-likeness (QED) is 0.539. The Kier molecular flexibility index (Phi) is 3.94. The van der Waals surface area contributed by atoms with E-state index in [0.717, 1.165) is 12.2 Å². The summed E-state index contributed by atoms with van der Waals surface area (Å²) in [5.74, 6) is 0.902. The molecule has 0 aromatic carbocycles. The van der Waals surface area contributed by atoms with Crippen LogP contribution in [0.3, 0.4) is 0 Å². The van der Waals surface area contributed by atoms with Gasteiger partial charge in [-0.15, -0.1) is 0 Å². The van der Waals surface area contributed by atoms with Gasteiger partial charge in [0.25, 0.3) is 0 Å². The monoisotopic (exact) mass is 250 g/mol. The Labute approximate surface area is 112 Å². The molecule has 0 amide bonds. The van der Waals surface area contributed by atoms with Crippen molar-refractivity contribution in [3.63, 3.8) is 0 Å². The first-order valence-electron chi connectivity index (χ1n) is 7.34. The Morgan fingerprint density at radius 3 is 2.11 bits per heavy atom. The van der Waals surface area contributed by atoms with Crippen LogP contribution in [0.4, 0.5) is 0 Å². The first-order valence-corrected chi connectivity index (χ1v) is 7.34. The Hall–Kier alpha value is -0.275. The van der Waals surface area contributed by atoms with Crippen LogP contribution in [0.2, 0.25) is 6.32 Å². The fourth-order valence-electron chi connectivity index (χ4n) is 2.66. The Bertz CT molecular complexity index is 307. The van der Waals surface area contributed by atoms with Gasteiger partial charge in [0.2, 0.25) is 0 Å². The van der Waals surface area contributed by atoms with E-state index in [4.69, 9.17) is 9.31 Å². The van der Waals surface area contributed by atoms with E-state index in [1.807, 2.05) is 0 Å². The minimum Gasteiger partial charge on any atom is -0.403 e. The zero-order chi connectivity index (χ0) is 13.4. The molecule has 0 bridgehead atoms. The standard InChI is InChI=1S/C15H27BO2/c1-12-6-8-13(9-7-12)10-11-16-17-14(2,3)15(4,5)18-16/h10,12H,6-9,11H2,1-5H3. The van der Waals surface area contributed by atoms with Crippen molar-refractivity contribution in [1.82, 2.24) is 0 Å². The molecule has 2 fully saturated rings. The van der Waals surface area contributed by atoms with E-state index in [0.29, 0.717) is 0 Å². The Morgan fingerprint density at radius 1 is 1.11 bits per heavy atom. The van der Waals surface area contributed by atoms with Crippen LogP contribution < -0.4 is 0 Å². The van der Waals surface area contributed by atoms with E-state index in [2.05, 4.69) is 40.7 Å². The Morgan fingerprint density at radius 2 is 1.61 bits per heavy atom. The third kappa shape index (κ3) is 3.00. The average molecular weight is 250 g/mol. The lowest BCUT2D eigenvalue weighted by Crippen LogP contribution is -2.41. The van der Waals surface area contributed by atoms with Crippen molar-refractivity contribution in [3.8, 4) is 0 Å². The summed E-state index contributed by atoms with van der Waals surface area (Å²) in [5.41, 5.74) is 1.21. The molecule has 18 heavy (non-hydrogen) atoms. The second-order valence-corrected chi connectivity index (χ2v) is 6.97. The van der Waals surface area contributed by atoms with Gasteiger partial charge in [0, 0.05) is 6.32 Å². The molecular weight excluding hydrogens is 223 g/mol. The van der Waals surface area contributed by atoms with Gasteiger partial charge in [-0.3, -0.25) is 0 Å². The van der Waals surface area contributed by atoms with Gasteiger partial charge in [0.15, 0.2) is 0 Å². The minimum atomic E-state index is -0.197. The summed E-state index contributed by atoms with van der Waals surface area (Å²) in [7, 11) is -0.0677. The smallest absolute Gasteiger partial charge is 0.403 e. The molecule has 2 rings (SSSR count). The highest BCUT2D eigenvalue weighted by molar-refractivity contribution is 6.46. The van der Waals surface area contributed by atoms with Crippen LogP contribution in [0.1, 0.15) is 60.3 Å². The van der Waals surface area contributed by atoms with Crippen molar-refractivity contribution in [2.45, 2.75) is 77.8 Å². The van der Waals surface area contributed by atoms with Gasteiger partial charge in [0.05, 0.1) is 11.2 Å². The average Bonchev–Trinajstić information content (AvgIpc) is 2.47. The van der Waals surface area contributed by atoms with E-state index in [9.17, 15) is 0 Å². The molecule has 102 valence electrons. The molecule has 0 spiro atoms. The summed E-state index contributed by atoms with van der Waals surface area (Å²) in [4.78, 5) is 0. The molecule has 3 heteroatoms. The third-order valence-corrected chi connectivity index (χ3v) is 4.82. The molecule has 0 aromatic heterocycles. The number of hydrogen-bond acceptors (Lipinski definition) is 2. The van der Waals surface area contributed by atoms with Crippen LogP contribution in [0.5, 0.6) is 0 Å². The third-order valence-electron chi connectivity index (χ3n) is 4.82. The summed E-state index contributed by atoms with van der Waals surface area (Å²) < 4.78 is 12.0. The molecule has 1 heterocycles. The van der Waals surface area contributed by atoms with Gasteiger partial charge in [-0.2, -0.15) is 0 Å². The Balaban J connectivity index is 1.87. The molecule has 0 radical (unpaired) electrons. The van der Waals surface area contributed by atoms with E-state index >= 15 is 0 Å². The van der Waals surface area contributed by atoms with Crippen molar-refractivity contribution < 1.29 is 9.31 Å². The second-order valence-electron chi connectivity index (χ2n) is 6.97. The van der Waals surface area contributed by atoms with Crippen molar-refractivity contribution in [2.75, 3.05) is 0 Å². The molecule has 1 saturated carbocycles. The fourth-order valence-corrected chi connectivity index (χ4v) is 2.66. The van der Waals surface area contributed by atoms with E-state index in [-0.39, 0.29) is 18.3 Å². The summed E-state index contributed by atoms with van der Waals surface area (Å²) in [6.45, 7) is 10.8. The minimum absolute atomic E-state index is 0.0677. The normalized spacial score (nSPS) is 30.6. The van der Waals surface area contributed by atoms with Crippen LogP contribution in [-0.4, -0.2) is 18.3 Å². The van der Waals surface area contributed by atoms with Gasteiger partial charge in [-0.1, -0.05) is 18.6 Å². The molecule has 2 nitrogen and oxygen atoms in total. The first-order chi connectivity index (χ1) is 8.30. The zero-order valence-corrected chi connectivity index (χ0v) is 12.6. The first kappa shape index (κ1) is 14.1. The highest BCUT2D eigenvalue weighted by atomic mass is 16.7. The van der Waals surface area contributed by atoms with Crippen LogP contribution in [0.15, 0.2) is 11.6 Å². The van der Waals surface area contributed by atoms with Gasteiger partial charge < -0.3 is 9.31 Å². The van der Waals surface area contributed by atoms with E-state index < -0.39 is 0 Å². The topological polar surface area (TPSA) is 18.5 Å². The molecule has 0 unspecified atom stereocenters. The van der Waals surface area contributed by atoms with Crippen molar-refractivity contribution in [3.05, 3.63) is 11.6 Å². The molecular formula is C15H27BO2. The predicted molar refractivity (Wildman–Crippen MR) is 76.6 cm³/mol. The van der Waals surface area contributed by atoms with Crippen molar-refractivity contribution in [2.24, 2.45) is 5.92 Å². The molecule has 2 aliphatic rings. The summed E-state index contributed by atoms with van der Waals surface area (Å²) >= 11 is 0. The molecule has 0 N–H and O–H groups in total. The predicted octanol–water partition coefficient (Wildman–Crippen LogP) is 4.22. The zero-order valence-electron chi connectivity index (χ0n) is 12.6. The maximum Gasteiger partial charge on any atom is 0.461 e. The summed E-state index contributed by atoms with van der Waals surface area (Å²) in [5, 5.41) is 0. The van der Waals surface area contributed by atoms with Gasteiger partial charge in [0.1, 0.15) is 0 Å². The molecule has 1 aliphatic carbocycles. The van der Waals surface area contributed by atoms with Crippen LogP contribution in [0, 0.1) is 5.92 Å². The number of allylic oxidation sites excluding steroid dienone is 2. The summed E-state index contributed by atoms with van der Waals surface area (Å²) in [6, 6.07) is 0. The number of hydrogen-bond donors (Lipinski definition) is 0. The van der Waals surface area contributed by atoms with Gasteiger partial charge in [-0.25, -0.2) is 0 Å². The van der Waals surface area contributed by atoms with Crippen molar-refractivity contribution >= 4 is 7.12 Å². The maximum atomic E-state index is 6.01. The molecule has 1 saturated heterocycles. The summed E-state index contributed by atoms with van der Waals surface area (Å²) in [6.07, 6.45) is 8.47. The highest BCUT2D eigenvalue weighted by Gasteiger charge is 2.50. The lowest BCUT2D eigenvalue weighted by molar-refractivity contribution is 0.00578. The van der Waals surface area contributed by atoms with Gasteiger partial charge in [-0.05, 0) is 59.3 Å². The van der Waals surface area contributed by atoms with Gasteiger partial charge >= 0.3 is 7.12 Å². The van der Waals surface area contributed by atoms with Crippen LogP contribution >= 0.6 is 0 Å². The maximum absolute atomic E-state index is 6.01. The SMILES string of the molecule is CC1CCC(=CCB2OC(C)(C)C(C)(C)O2)CC1. The lowest BCUT2D eigenvalue weighted by atomic mass is 9.80. The second kappa shape index (κ2) is 5.01. The molecule has 0 aromatic rings. The molecule has 1 aliphatic heterocycles. The van der Waals surface area contributed by atoms with Crippen LogP contribution in [0.25, 0.3) is 0 Å².